The summed E-state index contributed by atoms with van der Waals surface area (Å²) in [4.78, 5) is 0. The van der Waals surface area contributed by atoms with Gasteiger partial charge in [-0.15, -0.1) is 0 Å². The van der Waals surface area contributed by atoms with Crippen LogP contribution in [0.3, 0.4) is 0 Å². The molecule has 0 radical (unpaired) electrons. The molecular formula is C18H40N2. The van der Waals surface area contributed by atoms with Gasteiger partial charge in [0.25, 0.3) is 0 Å². The van der Waals surface area contributed by atoms with Gasteiger partial charge in [0.15, 0.2) is 0 Å². The first-order valence-corrected chi connectivity index (χ1v) is 8.32. The van der Waals surface area contributed by atoms with Gasteiger partial charge in [-0.25, -0.2) is 0 Å². The predicted molar refractivity (Wildman–Crippen MR) is 92.0 cm³/mol. The first-order valence-electron chi connectivity index (χ1n) is 8.32. The van der Waals surface area contributed by atoms with Gasteiger partial charge in [0.1, 0.15) is 0 Å². The van der Waals surface area contributed by atoms with E-state index in [-0.39, 0.29) is 5.54 Å². The number of nitrogens with one attached hydrogen (secondary N) is 1. The number of nitrogens with two attached hydrogens (primary N) is 1. The largest absolute Gasteiger partial charge is 0.330 e. The fourth-order valence-corrected chi connectivity index (χ4v) is 3.38. The first-order chi connectivity index (χ1) is 8.87. The highest BCUT2D eigenvalue weighted by atomic mass is 14.9. The SMILES string of the molecule is CC(C)(C)CC(C)(C)NCCCC(CCN)C(C)(C)C. The van der Waals surface area contributed by atoms with E-state index in [0.717, 1.165) is 25.4 Å². The Morgan fingerprint density at radius 3 is 1.85 bits per heavy atom. The van der Waals surface area contributed by atoms with Crippen molar-refractivity contribution in [2.24, 2.45) is 22.5 Å². The van der Waals surface area contributed by atoms with E-state index in [1.165, 1.54) is 19.3 Å². The summed E-state index contributed by atoms with van der Waals surface area (Å²) < 4.78 is 0. The second-order valence-corrected chi connectivity index (χ2v) is 9.33. The highest BCUT2D eigenvalue weighted by molar-refractivity contribution is 4.83. The highest BCUT2D eigenvalue weighted by Gasteiger charge is 2.26. The molecule has 2 nitrogen and oxygen atoms in total. The molecule has 0 aromatic heterocycles. The van der Waals surface area contributed by atoms with E-state index in [1.54, 1.807) is 0 Å². The van der Waals surface area contributed by atoms with Gasteiger partial charge in [-0.05, 0) is 69.4 Å². The van der Waals surface area contributed by atoms with Crippen LogP contribution >= 0.6 is 0 Å². The molecule has 122 valence electrons. The summed E-state index contributed by atoms with van der Waals surface area (Å²) in [6.07, 6.45) is 4.87. The van der Waals surface area contributed by atoms with Gasteiger partial charge in [-0.2, -0.15) is 0 Å². The Labute approximate surface area is 128 Å². The summed E-state index contributed by atoms with van der Waals surface area (Å²) in [6, 6.07) is 0. The molecule has 0 aromatic carbocycles. The van der Waals surface area contributed by atoms with E-state index in [4.69, 9.17) is 5.73 Å². The van der Waals surface area contributed by atoms with Gasteiger partial charge < -0.3 is 11.1 Å². The zero-order valence-corrected chi connectivity index (χ0v) is 15.4. The molecule has 1 unspecified atom stereocenters. The lowest BCUT2D eigenvalue weighted by Gasteiger charge is -2.34. The smallest absolute Gasteiger partial charge is 0.0130 e. The normalized spacial score (nSPS) is 15.4. The Bertz CT molecular complexity index is 256. The molecule has 0 fully saturated rings. The van der Waals surface area contributed by atoms with Crippen LogP contribution < -0.4 is 11.1 Å². The lowest BCUT2D eigenvalue weighted by atomic mass is 9.76. The van der Waals surface area contributed by atoms with E-state index in [9.17, 15) is 0 Å². The maximum Gasteiger partial charge on any atom is 0.0130 e. The van der Waals surface area contributed by atoms with Gasteiger partial charge in [-0.1, -0.05) is 41.5 Å². The van der Waals surface area contributed by atoms with Crippen LogP contribution in [0.1, 0.15) is 81.1 Å². The topological polar surface area (TPSA) is 38.0 Å². The summed E-state index contributed by atoms with van der Waals surface area (Å²) in [7, 11) is 0. The summed E-state index contributed by atoms with van der Waals surface area (Å²) in [5.74, 6) is 0.736. The zero-order chi connectivity index (χ0) is 16.0. The van der Waals surface area contributed by atoms with Gasteiger partial charge in [0, 0.05) is 5.54 Å². The molecule has 0 spiro atoms. The first kappa shape index (κ1) is 19.9. The predicted octanol–water partition coefficient (Wildman–Crippen LogP) is 4.58. The zero-order valence-electron chi connectivity index (χ0n) is 15.4. The van der Waals surface area contributed by atoms with E-state index in [0.29, 0.717) is 10.8 Å². The third-order valence-electron chi connectivity index (χ3n) is 4.05. The molecule has 1 atom stereocenters. The van der Waals surface area contributed by atoms with Crippen LogP contribution in [0.15, 0.2) is 0 Å². The maximum absolute atomic E-state index is 5.75. The average Bonchev–Trinajstić information content (AvgIpc) is 2.17. The standard InChI is InChI=1S/C18H40N2/c1-16(2,3)14-18(7,8)20-13-9-10-15(11-12-19)17(4,5)6/h15,20H,9-14,19H2,1-8H3. The minimum atomic E-state index is 0.226. The number of hydrogen-bond acceptors (Lipinski definition) is 2. The van der Waals surface area contributed by atoms with E-state index in [2.05, 4.69) is 60.7 Å². The summed E-state index contributed by atoms with van der Waals surface area (Å²) in [6.45, 7) is 20.5. The molecular weight excluding hydrogens is 244 g/mol. The quantitative estimate of drug-likeness (QED) is 0.640. The van der Waals surface area contributed by atoms with Crippen molar-refractivity contribution in [2.75, 3.05) is 13.1 Å². The molecule has 0 aromatic rings. The minimum absolute atomic E-state index is 0.226. The second-order valence-electron chi connectivity index (χ2n) is 9.33. The third kappa shape index (κ3) is 9.77. The average molecular weight is 285 g/mol. The summed E-state index contributed by atoms with van der Waals surface area (Å²) >= 11 is 0. The molecule has 0 aliphatic rings. The second kappa shape index (κ2) is 7.79. The van der Waals surface area contributed by atoms with Gasteiger partial charge in [0.05, 0.1) is 0 Å². The Hall–Kier alpha value is -0.0800. The molecule has 0 saturated carbocycles. The monoisotopic (exact) mass is 284 g/mol. The lowest BCUT2D eigenvalue weighted by Crippen LogP contribution is -2.43. The van der Waals surface area contributed by atoms with Crippen LogP contribution in [0.5, 0.6) is 0 Å². The van der Waals surface area contributed by atoms with E-state index >= 15 is 0 Å². The fourth-order valence-electron chi connectivity index (χ4n) is 3.38. The van der Waals surface area contributed by atoms with Crippen molar-refractivity contribution in [1.82, 2.24) is 5.32 Å². The molecule has 0 aliphatic heterocycles. The van der Waals surface area contributed by atoms with Gasteiger partial charge >= 0.3 is 0 Å². The van der Waals surface area contributed by atoms with Crippen molar-refractivity contribution in [3.63, 3.8) is 0 Å². The van der Waals surface area contributed by atoms with Crippen molar-refractivity contribution < 1.29 is 0 Å². The minimum Gasteiger partial charge on any atom is -0.330 e. The molecule has 0 amide bonds. The Morgan fingerprint density at radius 1 is 0.900 bits per heavy atom. The summed E-state index contributed by atoms with van der Waals surface area (Å²) in [5, 5.41) is 3.73. The molecule has 0 aliphatic carbocycles. The Balaban J connectivity index is 4.11. The molecule has 3 N–H and O–H groups in total. The van der Waals surface area contributed by atoms with Gasteiger partial charge in [-0.3, -0.25) is 0 Å². The summed E-state index contributed by atoms with van der Waals surface area (Å²) in [5.41, 5.74) is 6.73. The molecule has 0 bridgehead atoms. The van der Waals surface area contributed by atoms with Crippen molar-refractivity contribution in [3.05, 3.63) is 0 Å². The number of rotatable bonds is 8. The molecule has 20 heavy (non-hydrogen) atoms. The number of hydrogen-bond donors (Lipinski definition) is 2. The molecule has 0 rings (SSSR count). The molecule has 0 heterocycles. The maximum atomic E-state index is 5.75. The van der Waals surface area contributed by atoms with Crippen LogP contribution in [0, 0.1) is 16.7 Å². The van der Waals surface area contributed by atoms with E-state index < -0.39 is 0 Å². The molecule has 2 heteroatoms. The molecule has 0 saturated heterocycles. The van der Waals surface area contributed by atoms with Crippen LogP contribution in [-0.4, -0.2) is 18.6 Å². The fraction of sp³-hybridized carbons (Fsp3) is 1.00. The Kier molecular flexibility index (Phi) is 7.76. The van der Waals surface area contributed by atoms with Crippen molar-refractivity contribution in [1.29, 1.82) is 0 Å². The van der Waals surface area contributed by atoms with Crippen molar-refractivity contribution in [2.45, 2.75) is 86.6 Å². The van der Waals surface area contributed by atoms with Crippen LogP contribution in [-0.2, 0) is 0 Å². The van der Waals surface area contributed by atoms with Crippen molar-refractivity contribution in [3.8, 4) is 0 Å². The highest BCUT2D eigenvalue weighted by Crippen LogP contribution is 2.32. The van der Waals surface area contributed by atoms with Crippen LogP contribution in [0.4, 0.5) is 0 Å². The van der Waals surface area contributed by atoms with Crippen molar-refractivity contribution >= 4 is 0 Å². The van der Waals surface area contributed by atoms with Crippen LogP contribution in [0.25, 0.3) is 0 Å². The van der Waals surface area contributed by atoms with Gasteiger partial charge in [0.2, 0.25) is 0 Å². The van der Waals surface area contributed by atoms with E-state index in [1.807, 2.05) is 0 Å². The Morgan fingerprint density at radius 2 is 1.45 bits per heavy atom. The third-order valence-corrected chi connectivity index (χ3v) is 4.05. The van der Waals surface area contributed by atoms with Crippen LogP contribution in [0.2, 0.25) is 0 Å². The lowest BCUT2D eigenvalue weighted by molar-refractivity contribution is 0.202.